The van der Waals surface area contributed by atoms with Crippen molar-refractivity contribution in [2.75, 3.05) is 6.61 Å². The fourth-order valence-corrected chi connectivity index (χ4v) is 3.54. The highest BCUT2D eigenvalue weighted by Gasteiger charge is 2.34. The van der Waals surface area contributed by atoms with Gasteiger partial charge in [-0.05, 0) is 23.8 Å². The normalized spacial score (nSPS) is 15.4. The summed E-state index contributed by atoms with van der Waals surface area (Å²) in [5.41, 5.74) is 2.81. The Bertz CT molecular complexity index is 962. The van der Waals surface area contributed by atoms with Crippen LogP contribution in [0.3, 0.4) is 0 Å². The molecular weight excluding hydrogens is 383 g/mol. The van der Waals surface area contributed by atoms with Gasteiger partial charge in [-0.25, -0.2) is 0 Å². The third-order valence-corrected chi connectivity index (χ3v) is 4.99. The van der Waals surface area contributed by atoms with Gasteiger partial charge in [0.05, 0.1) is 22.2 Å². The summed E-state index contributed by atoms with van der Waals surface area (Å²) in [6, 6.07) is 20.5. The number of ketones is 1. The highest BCUT2D eigenvalue weighted by Crippen LogP contribution is 2.42. The van der Waals surface area contributed by atoms with Crippen LogP contribution in [0.15, 0.2) is 66.7 Å². The Hall–Kier alpha value is -2.33. The predicted octanol–water partition coefficient (Wildman–Crippen LogP) is 5.82. The Morgan fingerprint density at radius 3 is 2.30 bits per heavy atom. The SMILES string of the molecule is O=C(c1cccc(-c2c(Cl)cccc2Cl)c1OCc1ccccc1)[C@H]1CO1. The highest BCUT2D eigenvalue weighted by molar-refractivity contribution is 6.39. The van der Waals surface area contributed by atoms with Crippen LogP contribution in [0, 0.1) is 0 Å². The van der Waals surface area contributed by atoms with Gasteiger partial charge in [0.2, 0.25) is 0 Å². The van der Waals surface area contributed by atoms with Crippen LogP contribution in [0.4, 0.5) is 0 Å². The van der Waals surface area contributed by atoms with Gasteiger partial charge in [0.15, 0.2) is 5.78 Å². The van der Waals surface area contributed by atoms with Crippen LogP contribution < -0.4 is 4.74 Å². The molecule has 1 aliphatic heterocycles. The number of rotatable bonds is 6. The first-order chi connectivity index (χ1) is 13.1. The van der Waals surface area contributed by atoms with Gasteiger partial charge in [-0.2, -0.15) is 0 Å². The molecule has 0 N–H and O–H groups in total. The maximum absolute atomic E-state index is 12.7. The van der Waals surface area contributed by atoms with Gasteiger partial charge in [0.1, 0.15) is 18.5 Å². The summed E-state index contributed by atoms with van der Waals surface area (Å²) >= 11 is 12.8. The molecule has 3 aromatic carbocycles. The standard InChI is InChI=1S/C22H16Cl2O3/c23-17-10-5-11-18(24)20(17)15-8-4-9-16(21(25)19-13-26-19)22(15)27-12-14-6-2-1-3-7-14/h1-11,19H,12-13H2/t19-/m1/s1. The number of hydrogen-bond acceptors (Lipinski definition) is 3. The molecule has 0 aromatic heterocycles. The Morgan fingerprint density at radius 2 is 1.63 bits per heavy atom. The summed E-state index contributed by atoms with van der Waals surface area (Å²) in [6.07, 6.45) is -0.402. The lowest BCUT2D eigenvalue weighted by Gasteiger charge is -2.17. The summed E-state index contributed by atoms with van der Waals surface area (Å²) in [7, 11) is 0. The molecular formula is C22H16Cl2O3. The van der Waals surface area contributed by atoms with Crippen molar-refractivity contribution < 1.29 is 14.3 Å². The molecule has 1 fully saturated rings. The second-order valence-electron chi connectivity index (χ2n) is 6.24. The van der Waals surface area contributed by atoms with Crippen LogP contribution >= 0.6 is 23.2 Å². The predicted molar refractivity (Wildman–Crippen MR) is 107 cm³/mol. The minimum Gasteiger partial charge on any atom is -0.487 e. The zero-order valence-electron chi connectivity index (χ0n) is 14.3. The largest absolute Gasteiger partial charge is 0.487 e. The van der Waals surface area contributed by atoms with Gasteiger partial charge >= 0.3 is 0 Å². The Kier molecular flexibility index (Phi) is 5.17. The van der Waals surface area contributed by atoms with Crippen LogP contribution in [0.25, 0.3) is 11.1 Å². The highest BCUT2D eigenvalue weighted by atomic mass is 35.5. The third kappa shape index (κ3) is 3.86. The van der Waals surface area contributed by atoms with E-state index in [1.165, 1.54) is 0 Å². The lowest BCUT2D eigenvalue weighted by molar-refractivity contribution is 0.0949. The first-order valence-corrected chi connectivity index (χ1v) is 9.30. The van der Waals surface area contributed by atoms with Crippen molar-refractivity contribution in [1.29, 1.82) is 0 Å². The molecule has 0 saturated carbocycles. The topological polar surface area (TPSA) is 38.8 Å². The third-order valence-electron chi connectivity index (χ3n) is 4.36. The van der Waals surface area contributed by atoms with Gasteiger partial charge in [0, 0.05) is 11.1 Å². The van der Waals surface area contributed by atoms with E-state index >= 15 is 0 Å². The van der Waals surface area contributed by atoms with Crippen LogP contribution in [0.2, 0.25) is 10.0 Å². The van der Waals surface area contributed by atoms with Crippen LogP contribution in [0.1, 0.15) is 15.9 Å². The molecule has 0 bridgehead atoms. The zero-order chi connectivity index (χ0) is 18.8. The summed E-state index contributed by atoms with van der Waals surface area (Å²) in [5.74, 6) is 0.375. The number of Topliss-reactive ketones (excluding diaryl/α,β-unsaturated/α-hetero) is 1. The molecule has 3 aromatic rings. The van der Waals surface area contributed by atoms with Crippen molar-refractivity contribution in [3.05, 3.63) is 87.9 Å². The molecule has 27 heavy (non-hydrogen) atoms. The molecule has 0 spiro atoms. The van der Waals surface area contributed by atoms with E-state index in [0.29, 0.717) is 45.7 Å². The van der Waals surface area contributed by atoms with E-state index in [9.17, 15) is 4.79 Å². The molecule has 5 heteroatoms. The number of ether oxygens (including phenoxy) is 2. The number of carbonyl (C=O) groups is 1. The molecule has 4 rings (SSSR count). The van der Waals surface area contributed by atoms with Crippen LogP contribution in [0.5, 0.6) is 5.75 Å². The zero-order valence-corrected chi connectivity index (χ0v) is 15.8. The van der Waals surface area contributed by atoms with Gasteiger partial charge in [-0.1, -0.05) is 71.7 Å². The molecule has 136 valence electrons. The fraction of sp³-hybridized carbons (Fsp3) is 0.136. The summed E-state index contributed by atoms with van der Waals surface area (Å²) in [6.45, 7) is 0.764. The number of para-hydroxylation sites is 1. The molecule has 1 atom stereocenters. The summed E-state index contributed by atoms with van der Waals surface area (Å²) < 4.78 is 11.3. The first-order valence-electron chi connectivity index (χ1n) is 8.55. The Morgan fingerprint density at radius 1 is 0.963 bits per heavy atom. The van der Waals surface area contributed by atoms with E-state index in [1.54, 1.807) is 30.3 Å². The maximum Gasteiger partial charge on any atom is 0.197 e. The smallest absolute Gasteiger partial charge is 0.197 e. The van der Waals surface area contributed by atoms with Crippen molar-refractivity contribution in [2.45, 2.75) is 12.7 Å². The van der Waals surface area contributed by atoms with Crippen molar-refractivity contribution in [1.82, 2.24) is 0 Å². The maximum atomic E-state index is 12.7. The molecule has 0 radical (unpaired) electrons. The van der Waals surface area contributed by atoms with Crippen molar-refractivity contribution in [3.8, 4) is 16.9 Å². The minimum atomic E-state index is -0.402. The lowest BCUT2D eigenvalue weighted by Crippen LogP contribution is -2.11. The van der Waals surface area contributed by atoms with Gasteiger partial charge in [-0.15, -0.1) is 0 Å². The van der Waals surface area contributed by atoms with Crippen LogP contribution in [-0.2, 0) is 11.3 Å². The number of carbonyl (C=O) groups excluding carboxylic acids is 1. The molecule has 1 saturated heterocycles. The van der Waals surface area contributed by atoms with Gasteiger partial charge in [0.25, 0.3) is 0 Å². The van der Waals surface area contributed by atoms with E-state index in [1.807, 2.05) is 36.4 Å². The lowest BCUT2D eigenvalue weighted by atomic mass is 9.98. The number of epoxide rings is 1. The van der Waals surface area contributed by atoms with Gasteiger partial charge < -0.3 is 9.47 Å². The Balaban J connectivity index is 1.80. The quantitative estimate of drug-likeness (QED) is 0.387. The first kappa shape index (κ1) is 18.1. The average molecular weight is 399 g/mol. The monoisotopic (exact) mass is 398 g/mol. The molecule has 0 amide bonds. The molecule has 0 unspecified atom stereocenters. The Labute approximate surface area is 167 Å². The molecule has 3 nitrogen and oxygen atoms in total. The second kappa shape index (κ2) is 7.73. The van der Waals surface area contributed by atoms with Crippen LogP contribution in [-0.4, -0.2) is 18.5 Å². The van der Waals surface area contributed by atoms with Gasteiger partial charge in [-0.3, -0.25) is 4.79 Å². The van der Waals surface area contributed by atoms with Crippen molar-refractivity contribution >= 4 is 29.0 Å². The van der Waals surface area contributed by atoms with E-state index in [0.717, 1.165) is 5.56 Å². The fourth-order valence-electron chi connectivity index (χ4n) is 2.94. The molecule has 1 heterocycles. The van der Waals surface area contributed by atoms with E-state index < -0.39 is 6.10 Å². The van der Waals surface area contributed by atoms with Crippen molar-refractivity contribution in [3.63, 3.8) is 0 Å². The number of hydrogen-bond donors (Lipinski definition) is 0. The van der Waals surface area contributed by atoms with E-state index in [2.05, 4.69) is 0 Å². The average Bonchev–Trinajstić information content (AvgIpc) is 3.52. The number of halogens is 2. The minimum absolute atomic E-state index is 0.0944. The number of benzene rings is 3. The summed E-state index contributed by atoms with van der Waals surface area (Å²) in [4.78, 5) is 12.7. The van der Waals surface area contributed by atoms with Crippen molar-refractivity contribution in [2.24, 2.45) is 0 Å². The molecule has 0 aliphatic carbocycles. The van der Waals surface area contributed by atoms with E-state index in [4.69, 9.17) is 32.7 Å². The second-order valence-corrected chi connectivity index (χ2v) is 7.05. The summed E-state index contributed by atoms with van der Waals surface area (Å²) in [5, 5.41) is 0.999. The molecule has 1 aliphatic rings. The van der Waals surface area contributed by atoms with E-state index in [-0.39, 0.29) is 5.78 Å².